The molecule has 2 aliphatic heterocycles. The molecule has 2 aliphatic rings. The summed E-state index contributed by atoms with van der Waals surface area (Å²) in [5, 5.41) is 3.11. The molecule has 1 N–H and O–H groups in total. The summed E-state index contributed by atoms with van der Waals surface area (Å²) >= 11 is 3.29. The van der Waals surface area contributed by atoms with Crippen molar-refractivity contribution < 1.29 is 9.18 Å². The number of halogens is 2. The van der Waals surface area contributed by atoms with E-state index >= 15 is 0 Å². The standard InChI is InChI=1S/C20H30BrFN4O/c1-24-6-4-16(5-7-24)13-23-20(27)15-26-10-8-25(9-11-26)14-17-2-3-18(21)12-19(17)22/h2-3,12,16H,4-11,13-15H2,1H3,(H,23,27). The third kappa shape index (κ3) is 6.52. The van der Waals surface area contributed by atoms with Gasteiger partial charge in [0.2, 0.25) is 5.91 Å². The molecule has 3 rings (SSSR count). The molecule has 1 aromatic carbocycles. The first kappa shape index (κ1) is 20.7. The number of nitrogens with zero attached hydrogens (tertiary/aromatic N) is 3. The van der Waals surface area contributed by atoms with E-state index in [9.17, 15) is 9.18 Å². The van der Waals surface area contributed by atoms with E-state index in [-0.39, 0.29) is 11.7 Å². The largest absolute Gasteiger partial charge is 0.355 e. The Morgan fingerprint density at radius 1 is 1.15 bits per heavy atom. The van der Waals surface area contributed by atoms with Crippen molar-refractivity contribution in [3.05, 3.63) is 34.1 Å². The highest BCUT2D eigenvalue weighted by Gasteiger charge is 2.21. The van der Waals surface area contributed by atoms with Crippen LogP contribution in [0.5, 0.6) is 0 Å². The monoisotopic (exact) mass is 440 g/mol. The number of rotatable bonds is 6. The lowest BCUT2D eigenvalue weighted by atomic mass is 9.97. The number of likely N-dealkylation sites (tertiary alicyclic amines) is 1. The lowest BCUT2D eigenvalue weighted by Gasteiger charge is -2.34. The lowest BCUT2D eigenvalue weighted by molar-refractivity contribution is -0.122. The molecule has 5 nitrogen and oxygen atoms in total. The average Bonchev–Trinajstić information content (AvgIpc) is 2.65. The van der Waals surface area contributed by atoms with Crippen molar-refractivity contribution in [2.75, 3.05) is 59.4 Å². The number of carbonyl (C=O) groups is 1. The minimum atomic E-state index is -0.167. The molecule has 0 aliphatic carbocycles. The van der Waals surface area contributed by atoms with Crippen LogP contribution >= 0.6 is 15.9 Å². The topological polar surface area (TPSA) is 38.8 Å². The van der Waals surface area contributed by atoms with Crippen LogP contribution in [0.2, 0.25) is 0 Å². The molecule has 7 heteroatoms. The Morgan fingerprint density at radius 2 is 1.81 bits per heavy atom. The van der Waals surface area contributed by atoms with E-state index in [0.29, 0.717) is 19.0 Å². The number of amides is 1. The van der Waals surface area contributed by atoms with Gasteiger partial charge >= 0.3 is 0 Å². The number of benzene rings is 1. The molecule has 2 fully saturated rings. The zero-order chi connectivity index (χ0) is 19.2. The zero-order valence-corrected chi connectivity index (χ0v) is 17.7. The van der Waals surface area contributed by atoms with Crippen molar-refractivity contribution in [3.63, 3.8) is 0 Å². The summed E-state index contributed by atoms with van der Waals surface area (Å²) in [6, 6.07) is 5.23. The number of hydrogen-bond acceptors (Lipinski definition) is 4. The fourth-order valence-electron chi connectivity index (χ4n) is 3.78. The van der Waals surface area contributed by atoms with E-state index in [0.717, 1.165) is 55.8 Å². The van der Waals surface area contributed by atoms with Crippen LogP contribution in [0.1, 0.15) is 18.4 Å². The minimum absolute atomic E-state index is 0.126. The summed E-state index contributed by atoms with van der Waals surface area (Å²) in [7, 11) is 2.15. The van der Waals surface area contributed by atoms with Gasteiger partial charge in [0.25, 0.3) is 0 Å². The van der Waals surface area contributed by atoms with Gasteiger partial charge in [-0.05, 0) is 51.0 Å². The molecule has 0 saturated carbocycles. The van der Waals surface area contributed by atoms with Gasteiger partial charge in [-0.25, -0.2) is 4.39 Å². The van der Waals surface area contributed by atoms with Crippen molar-refractivity contribution in [1.29, 1.82) is 0 Å². The van der Waals surface area contributed by atoms with Crippen molar-refractivity contribution in [1.82, 2.24) is 20.0 Å². The van der Waals surface area contributed by atoms with Crippen LogP contribution in [0.25, 0.3) is 0 Å². The molecule has 1 amide bonds. The Hall–Kier alpha value is -1.02. The molecular weight excluding hydrogens is 411 g/mol. The molecule has 0 aromatic heterocycles. The van der Waals surface area contributed by atoms with Gasteiger partial charge in [0.05, 0.1) is 6.54 Å². The number of hydrogen-bond donors (Lipinski definition) is 1. The van der Waals surface area contributed by atoms with E-state index < -0.39 is 0 Å². The second kappa shape index (κ2) is 9.96. The fraction of sp³-hybridized carbons (Fsp3) is 0.650. The highest BCUT2D eigenvalue weighted by Crippen LogP contribution is 2.18. The molecule has 0 bridgehead atoms. The van der Waals surface area contributed by atoms with Gasteiger partial charge in [0.15, 0.2) is 0 Å². The molecule has 150 valence electrons. The second-order valence-corrected chi connectivity index (χ2v) is 8.75. The predicted molar refractivity (Wildman–Crippen MR) is 109 cm³/mol. The maximum atomic E-state index is 14.0. The average molecular weight is 441 g/mol. The number of carbonyl (C=O) groups excluding carboxylic acids is 1. The van der Waals surface area contributed by atoms with Crippen molar-refractivity contribution in [3.8, 4) is 0 Å². The quantitative estimate of drug-likeness (QED) is 0.735. The summed E-state index contributed by atoms with van der Waals surface area (Å²) < 4.78 is 14.8. The molecule has 1 aromatic rings. The third-order valence-corrected chi connectivity index (χ3v) is 6.16. The van der Waals surface area contributed by atoms with E-state index in [2.05, 4.69) is 43.0 Å². The smallest absolute Gasteiger partial charge is 0.234 e. The Labute approximate surface area is 170 Å². The minimum Gasteiger partial charge on any atom is -0.355 e. The fourth-order valence-corrected chi connectivity index (χ4v) is 4.11. The van der Waals surface area contributed by atoms with Gasteiger partial charge < -0.3 is 10.2 Å². The van der Waals surface area contributed by atoms with Crippen LogP contribution in [0, 0.1) is 11.7 Å². The molecule has 0 unspecified atom stereocenters. The van der Waals surface area contributed by atoms with Gasteiger partial charge in [-0.2, -0.15) is 0 Å². The van der Waals surface area contributed by atoms with Crippen molar-refractivity contribution in [2.24, 2.45) is 5.92 Å². The first-order valence-corrected chi connectivity index (χ1v) is 10.6. The third-order valence-electron chi connectivity index (χ3n) is 5.67. The van der Waals surface area contributed by atoms with E-state index in [1.54, 1.807) is 0 Å². The summed E-state index contributed by atoms with van der Waals surface area (Å²) in [6.07, 6.45) is 2.34. The van der Waals surface area contributed by atoms with Crippen LogP contribution in [0.4, 0.5) is 4.39 Å². The summed E-state index contributed by atoms with van der Waals surface area (Å²) in [5.41, 5.74) is 0.725. The molecule has 0 radical (unpaired) electrons. The lowest BCUT2D eigenvalue weighted by Crippen LogP contribution is -2.49. The van der Waals surface area contributed by atoms with E-state index in [1.165, 1.54) is 18.9 Å². The maximum Gasteiger partial charge on any atom is 0.234 e. The van der Waals surface area contributed by atoms with Gasteiger partial charge in [0, 0.05) is 49.3 Å². The second-order valence-electron chi connectivity index (χ2n) is 7.84. The molecule has 2 heterocycles. The van der Waals surface area contributed by atoms with Crippen molar-refractivity contribution >= 4 is 21.8 Å². The zero-order valence-electron chi connectivity index (χ0n) is 16.1. The van der Waals surface area contributed by atoms with Gasteiger partial charge in [-0.1, -0.05) is 22.0 Å². The number of piperidine rings is 1. The van der Waals surface area contributed by atoms with Crippen molar-refractivity contribution in [2.45, 2.75) is 19.4 Å². The van der Waals surface area contributed by atoms with E-state index in [1.807, 2.05) is 12.1 Å². The van der Waals surface area contributed by atoms with E-state index in [4.69, 9.17) is 0 Å². The van der Waals surface area contributed by atoms with Crippen LogP contribution in [-0.4, -0.2) is 80.0 Å². The molecule has 27 heavy (non-hydrogen) atoms. The molecule has 2 saturated heterocycles. The Balaban J connectivity index is 1.34. The van der Waals surface area contributed by atoms with Gasteiger partial charge in [0.1, 0.15) is 5.82 Å². The van der Waals surface area contributed by atoms with Gasteiger partial charge in [-0.3, -0.25) is 14.6 Å². The predicted octanol–water partition coefficient (Wildman–Crippen LogP) is 2.16. The van der Waals surface area contributed by atoms with Crippen LogP contribution < -0.4 is 5.32 Å². The molecule has 0 atom stereocenters. The molecular formula is C20H30BrFN4O. The normalized spacial score (nSPS) is 20.7. The Morgan fingerprint density at radius 3 is 2.48 bits per heavy atom. The van der Waals surface area contributed by atoms with Crippen LogP contribution in [0.15, 0.2) is 22.7 Å². The SMILES string of the molecule is CN1CCC(CNC(=O)CN2CCN(Cc3ccc(Br)cc3F)CC2)CC1. The highest BCUT2D eigenvalue weighted by atomic mass is 79.9. The van der Waals surface area contributed by atoms with Crippen LogP contribution in [0.3, 0.4) is 0 Å². The summed E-state index contributed by atoms with van der Waals surface area (Å²) in [5.74, 6) is 0.573. The maximum absolute atomic E-state index is 14.0. The first-order chi connectivity index (χ1) is 13.0. The Kier molecular flexibility index (Phi) is 7.64. The highest BCUT2D eigenvalue weighted by molar-refractivity contribution is 9.10. The number of nitrogens with one attached hydrogen (secondary N) is 1. The first-order valence-electron chi connectivity index (χ1n) is 9.83. The van der Waals surface area contributed by atoms with Crippen LogP contribution in [-0.2, 0) is 11.3 Å². The van der Waals surface area contributed by atoms with Gasteiger partial charge in [-0.15, -0.1) is 0 Å². The number of piperazine rings is 1. The summed E-state index contributed by atoms with van der Waals surface area (Å²) in [6.45, 7) is 7.55. The summed E-state index contributed by atoms with van der Waals surface area (Å²) in [4.78, 5) is 19.0. The Bertz CT molecular complexity index is 628. The molecule has 0 spiro atoms.